The van der Waals surface area contributed by atoms with Gasteiger partial charge in [-0.2, -0.15) is 0 Å². The molecule has 3 N–H and O–H groups in total. The Hall–Kier alpha value is -2.52. The average molecular weight is 400 g/mol. The minimum absolute atomic E-state index is 0.183. The Morgan fingerprint density at radius 3 is 2.79 bits per heavy atom. The summed E-state index contributed by atoms with van der Waals surface area (Å²) in [4.78, 5) is 47.4. The van der Waals surface area contributed by atoms with E-state index in [0.29, 0.717) is 30.8 Å². The number of nitrogens with two attached hydrogens (primary N) is 1. The lowest BCUT2D eigenvalue weighted by atomic mass is 10.0. The lowest BCUT2D eigenvalue weighted by Crippen LogP contribution is -2.52. The average Bonchev–Trinajstić information content (AvgIpc) is 2.88. The van der Waals surface area contributed by atoms with Crippen molar-refractivity contribution in [2.24, 2.45) is 5.73 Å². The van der Waals surface area contributed by atoms with Crippen molar-refractivity contribution >= 4 is 23.5 Å². The number of nitrogens with one attached hydrogen (secondary N) is 1. The lowest BCUT2D eigenvalue weighted by Gasteiger charge is -2.29. The van der Waals surface area contributed by atoms with Crippen molar-refractivity contribution in [3.8, 4) is 0 Å². The van der Waals surface area contributed by atoms with Gasteiger partial charge in [0.25, 0.3) is 5.91 Å². The summed E-state index contributed by atoms with van der Waals surface area (Å²) in [5.41, 5.74) is 6.89. The number of carbonyl (C=O) groups is 3. The van der Waals surface area contributed by atoms with Crippen LogP contribution < -0.4 is 16.0 Å². The number of amides is 3. The monoisotopic (exact) mass is 400 g/mol. The summed E-state index contributed by atoms with van der Waals surface area (Å²) in [6, 6.07) is 3.12. The van der Waals surface area contributed by atoms with E-state index in [1.54, 1.807) is 4.90 Å². The number of anilines is 1. The third kappa shape index (κ3) is 4.11. The molecule has 3 amide bonds. The highest BCUT2D eigenvalue weighted by molar-refractivity contribution is 6.05. The number of hydrogen-bond acceptors (Lipinski definition) is 7. The smallest absolute Gasteiger partial charge is 0.256 e. The molecule has 0 radical (unpaired) electrons. The molecule has 1 aromatic rings. The van der Waals surface area contributed by atoms with Gasteiger partial charge in [0.2, 0.25) is 11.8 Å². The van der Waals surface area contributed by atoms with Crippen LogP contribution in [-0.4, -0.2) is 77.8 Å². The topological polar surface area (TPSA) is 112 Å². The predicted octanol–water partition coefficient (Wildman–Crippen LogP) is -0.296. The third-order valence-corrected chi connectivity index (χ3v) is 5.95. The van der Waals surface area contributed by atoms with Crippen molar-refractivity contribution in [2.75, 3.05) is 44.2 Å². The Balaban J connectivity index is 1.45. The second-order valence-corrected chi connectivity index (χ2v) is 7.89. The van der Waals surface area contributed by atoms with E-state index in [1.165, 1.54) is 0 Å². The first-order chi connectivity index (χ1) is 14.1. The Morgan fingerprint density at radius 1 is 1.14 bits per heavy atom. The molecule has 0 aliphatic carbocycles. The second kappa shape index (κ2) is 8.46. The van der Waals surface area contributed by atoms with Crippen LogP contribution in [0.1, 0.15) is 41.7 Å². The first kappa shape index (κ1) is 19.8. The summed E-state index contributed by atoms with van der Waals surface area (Å²) < 4.78 is 0. The van der Waals surface area contributed by atoms with Gasteiger partial charge in [0.1, 0.15) is 11.9 Å². The molecule has 0 aromatic carbocycles. The molecule has 1 unspecified atom stereocenters. The molecule has 3 aliphatic heterocycles. The van der Waals surface area contributed by atoms with Crippen molar-refractivity contribution < 1.29 is 14.4 Å². The van der Waals surface area contributed by atoms with Gasteiger partial charge in [0.15, 0.2) is 0 Å². The van der Waals surface area contributed by atoms with Gasteiger partial charge in [-0.05, 0) is 51.0 Å². The van der Waals surface area contributed by atoms with E-state index in [1.807, 2.05) is 12.1 Å². The van der Waals surface area contributed by atoms with Gasteiger partial charge < -0.3 is 20.4 Å². The van der Waals surface area contributed by atoms with Crippen LogP contribution in [0.3, 0.4) is 0 Å². The van der Waals surface area contributed by atoms with Crippen LogP contribution in [0.2, 0.25) is 0 Å². The molecule has 3 aliphatic rings. The SMILES string of the molecule is NCCCN1CCCN(c2ccc3c(n2)CN(C2CCC(=O)NC2=O)C3=O)CC1. The number of hydrogen-bond donors (Lipinski definition) is 2. The maximum absolute atomic E-state index is 12.8. The van der Waals surface area contributed by atoms with Crippen LogP contribution in [0, 0.1) is 0 Å². The molecule has 1 atom stereocenters. The number of carbonyl (C=O) groups excluding carboxylic acids is 3. The Labute approximate surface area is 170 Å². The van der Waals surface area contributed by atoms with E-state index in [-0.39, 0.29) is 18.2 Å². The minimum Gasteiger partial charge on any atom is -0.355 e. The molecule has 9 nitrogen and oxygen atoms in total. The normalized spacial score (nSPS) is 23.2. The number of aromatic nitrogens is 1. The number of nitrogens with zero attached hydrogens (tertiary/aromatic N) is 4. The van der Waals surface area contributed by atoms with Crippen LogP contribution in [-0.2, 0) is 16.1 Å². The summed E-state index contributed by atoms with van der Waals surface area (Å²) in [7, 11) is 0. The number of rotatable bonds is 5. The summed E-state index contributed by atoms with van der Waals surface area (Å²) >= 11 is 0. The van der Waals surface area contributed by atoms with Gasteiger partial charge in [-0.1, -0.05) is 0 Å². The number of fused-ring (bicyclic) bond motifs is 1. The van der Waals surface area contributed by atoms with Gasteiger partial charge in [0.05, 0.1) is 17.8 Å². The molecule has 9 heteroatoms. The molecule has 4 heterocycles. The number of imide groups is 1. The molecule has 156 valence electrons. The standard InChI is InChI=1S/C20H28N6O3/c21-7-1-8-24-9-2-10-25(12-11-24)17-5-3-14-15(22-17)13-26(20(14)29)16-4-6-18(27)23-19(16)28/h3,5,16H,1-2,4,6-13,21H2,(H,23,27,28). The van der Waals surface area contributed by atoms with Crippen molar-refractivity contribution in [2.45, 2.75) is 38.3 Å². The van der Waals surface area contributed by atoms with Crippen LogP contribution >= 0.6 is 0 Å². The van der Waals surface area contributed by atoms with E-state index in [0.717, 1.165) is 51.4 Å². The molecule has 2 fully saturated rings. The molecule has 0 bridgehead atoms. The Morgan fingerprint density at radius 2 is 2.00 bits per heavy atom. The summed E-state index contributed by atoms with van der Waals surface area (Å²) in [5.74, 6) is 0.0185. The molecule has 0 spiro atoms. The molecule has 2 saturated heterocycles. The maximum atomic E-state index is 12.8. The van der Waals surface area contributed by atoms with Crippen LogP contribution in [0.15, 0.2) is 12.1 Å². The van der Waals surface area contributed by atoms with Gasteiger partial charge in [-0.3, -0.25) is 19.7 Å². The summed E-state index contributed by atoms with van der Waals surface area (Å²) in [6.45, 7) is 5.90. The number of pyridine rings is 1. The minimum atomic E-state index is -0.604. The Kier molecular flexibility index (Phi) is 5.77. The molecule has 4 rings (SSSR count). The van der Waals surface area contributed by atoms with E-state index in [4.69, 9.17) is 10.7 Å². The fourth-order valence-electron chi connectivity index (χ4n) is 4.34. The number of piperidine rings is 1. The maximum Gasteiger partial charge on any atom is 0.256 e. The molecule has 29 heavy (non-hydrogen) atoms. The van der Waals surface area contributed by atoms with E-state index in [2.05, 4.69) is 15.1 Å². The van der Waals surface area contributed by atoms with E-state index >= 15 is 0 Å². The van der Waals surface area contributed by atoms with Gasteiger partial charge in [0, 0.05) is 26.1 Å². The van der Waals surface area contributed by atoms with Crippen LogP contribution in [0.5, 0.6) is 0 Å². The second-order valence-electron chi connectivity index (χ2n) is 7.89. The van der Waals surface area contributed by atoms with Crippen LogP contribution in [0.25, 0.3) is 0 Å². The lowest BCUT2D eigenvalue weighted by molar-refractivity contribution is -0.136. The van der Waals surface area contributed by atoms with Gasteiger partial charge in [-0.15, -0.1) is 0 Å². The quantitative estimate of drug-likeness (QED) is 0.653. The van der Waals surface area contributed by atoms with E-state index < -0.39 is 11.9 Å². The predicted molar refractivity (Wildman–Crippen MR) is 107 cm³/mol. The largest absolute Gasteiger partial charge is 0.355 e. The first-order valence-electron chi connectivity index (χ1n) is 10.4. The molecule has 0 saturated carbocycles. The van der Waals surface area contributed by atoms with E-state index in [9.17, 15) is 14.4 Å². The zero-order chi connectivity index (χ0) is 20.4. The molecular formula is C20H28N6O3. The fourth-order valence-corrected chi connectivity index (χ4v) is 4.34. The molecular weight excluding hydrogens is 372 g/mol. The zero-order valence-electron chi connectivity index (χ0n) is 16.6. The van der Waals surface area contributed by atoms with Crippen LogP contribution in [0.4, 0.5) is 5.82 Å². The highest BCUT2D eigenvalue weighted by Crippen LogP contribution is 2.28. The van der Waals surface area contributed by atoms with Gasteiger partial charge in [-0.25, -0.2) is 4.98 Å². The fraction of sp³-hybridized carbons (Fsp3) is 0.600. The Bertz CT molecular complexity index is 813. The highest BCUT2D eigenvalue weighted by Gasteiger charge is 2.39. The van der Waals surface area contributed by atoms with Gasteiger partial charge >= 0.3 is 0 Å². The van der Waals surface area contributed by atoms with Crippen molar-refractivity contribution in [3.63, 3.8) is 0 Å². The first-order valence-corrected chi connectivity index (χ1v) is 10.4. The zero-order valence-corrected chi connectivity index (χ0v) is 16.6. The van der Waals surface area contributed by atoms with Crippen molar-refractivity contribution in [1.82, 2.24) is 20.1 Å². The summed E-state index contributed by atoms with van der Waals surface area (Å²) in [5, 5.41) is 2.33. The summed E-state index contributed by atoms with van der Waals surface area (Å²) in [6.07, 6.45) is 2.69. The van der Waals surface area contributed by atoms with Crippen molar-refractivity contribution in [1.29, 1.82) is 0 Å². The molecule has 1 aromatic heterocycles. The van der Waals surface area contributed by atoms with Crippen molar-refractivity contribution in [3.05, 3.63) is 23.4 Å². The third-order valence-electron chi connectivity index (χ3n) is 5.95. The highest BCUT2D eigenvalue weighted by atomic mass is 16.2.